The molecule has 0 bridgehead atoms. The zero-order valence-corrected chi connectivity index (χ0v) is 25.1. The predicted octanol–water partition coefficient (Wildman–Crippen LogP) is 5.79. The van der Waals surface area contributed by atoms with Crippen LogP contribution < -0.4 is 16.0 Å². The minimum absolute atomic E-state index is 0.325. The van der Waals surface area contributed by atoms with Crippen molar-refractivity contribution in [1.82, 2.24) is 24.4 Å². The molecular weight excluding hydrogens is 561 g/mol. The molecule has 9 nitrogen and oxygen atoms in total. The molecule has 0 saturated carbocycles. The average Bonchev–Trinajstić information content (AvgIpc) is 3.48. The molecule has 11 heteroatoms. The van der Waals surface area contributed by atoms with Gasteiger partial charge in [0.25, 0.3) is 11.8 Å². The van der Waals surface area contributed by atoms with E-state index in [1.54, 1.807) is 24.3 Å². The van der Waals surface area contributed by atoms with E-state index in [2.05, 4.69) is 32.8 Å². The summed E-state index contributed by atoms with van der Waals surface area (Å²) in [5, 5.41) is 9.76. The lowest BCUT2D eigenvalue weighted by atomic mass is 10.0. The Morgan fingerprint density at radius 3 is 2.02 bits per heavy atom. The van der Waals surface area contributed by atoms with Gasteiger partial charge in [0.15, 0.2) is 11.6 Å². The Morgan fingerprint density at radius 1 is 0.902 bits per heavy atom. The summed E-state index contributed by atoms with van der Waals surface area (Å²) in [6.07, 6.45) is 3.37. The molecule has 1 aliphatic heterocycles. The Balaban J connectivity index is 1.41. The van der Waals surface area contributed by atoms with Crippen LogP contribution in [0.2, 0.25) is 10.0 Å². The second-order valence-corrected chi connectivity index (χ2v) is 10.8. The number of anilines is 2. The van der Waals surface area contributed by atoms with Crippen LogP contribution in [0.3, 0.4) is 0 Å². The third kappa shape index (κ3) is 5.49. The van der Waals surface area contributed by atoms with Crippen LogP contribution in [-0.2, 0) is 39.9 Å². The summed E-state index contributed by atoms with van der Waals surface area (Å²) in [6.45, 7) is 5.62. The number of rotatable bonds is 8. The van der Waals surface area contributed by atoms with Crippen molar-refractivity contribution < 1.29 is 9.59 Å². The molecule has 0 aliphatic carbocycles. The number of amides is 2. The van der Waals surface area contributed by atoms with Gasteiger partial charge in [-0.25, -0.2) is 9.97 Å². The van der Waals surface area contributed by atoms with Gasteiger partial charge in [-0.15, -0.1) is 0 Å². The van der Waals surface area contributed by atoms with Crippen molar-refractivity contribution in [2.75, 3.05) is 17.2 Å². The van der Waals surface area contributed by atoms with Gasteiger partial charge in [-0.05, 0) is 25.0 Å². The molecule has 2 aromatic carbocycles. The third-order valence-electron chi connectivity index (χ3n) is 7.44. The minimum atomic E-state index is -0.350. The Bertz CT molecular complexity index is 1640. The van der Waals surface area contributed by atoms with Gasteiger partial charge in [-0.3, -0.25) is 9.59 Å². The molecule has 4 aromatic rings. The molecule has 0 radical (unpaired) electrons. The lowest BCUT2D eigenvalue weighted by Crippen LogP contribution is -2.24. The molecule has 0 unspecified atom stereocenters. The fraction of sp³-hybridized carbons (Fsp3) is 0.333. The second-order valence-electron chi connectivity index (χ2n) is 10.0. The van der Waals surface area contributed by atoms with Gasteiger partial charge in [0.05, 0.1) is 32.8 Å². The predicted molar refractivity (Wildman–Crippen MR) is 163 cm³/mol. The maximum Gasteiger partial charge on any atom is 0.291 e. The molecule has 2 aromatic heterocycles. The van der Waals surface area contributed by atoms with Gasteiger partial charge >= 0.3 is 0 Å². The van der Waals surface area contributed by atoms with Crippen LogP contribution in [0.25, 0.3) is 11.1 Å². The minimum Gasteiger partial charge on any atom is -0.327 e. The number of aryl methyl sites for hydroxylation is 1. The van der Waals surface area contributed by atoms with E-state index >= 15 is 0 Å². The van der Waals surface area contributed by atoms with E-state index in [0.29, 0.717) is 50.7 Å². The number of benzene rings is 2. The first-order valence-electron chi connectivity index (χ1n) is 13.7. The maximum absolute atomic E-state index is 13.3. The first kappa shape index (κ1) is 28.9. The van der Waals surface area contributed by atoms with Gasteiger partial charge < -0.3 is 25.1 Å². The van der Waals surface area contributed by atoms with Crippen LogP contribution in [0.15, 0.2) is 36.4 Å². The molecule has 5 rings (SSSR count). The second kappa shape index (κ2) is 12.1. The molecule has 0 atom stereocenters. The number of imidazole rings is 2. The first-order chi connectivity index (χ1) is 19.7. The fourth-order valence-electron chi connectivity index (χ4n) is 5.31. The molecular formula is C30H33Cl2N7O2. The summed E-state index contributed by atoms with van der Waals surface area (Å²) < 4.78 is 3.69. The smallest absolute Gasteiger partial charge is 0.291 e. The van der Waals surface area contributed by atoms with Crippen molar-refractivity contribution in [3.05, 3.63) is 80.9 Å². The number of nitrogens with one attached hydrogen (secondary N) is 3. The van der Waals surface area contributed by atoms with Gasteiger partial charge in [0, 0.05) is 56.1 Å². The van der Waals surface area contributed by atoms with Crippen molar-refractivity contribution >= 4 is 46.4 Å². The highest BCUT2D eigenvalue weighted by Crippen LogP contribution is 2.40. The number of halogens is 2. The molecule has 41 heavy (non-hydrogen) atoms. The fourth-order valence-corrected chi connectivity index (χ4v) is 5.86. The number of carbonyl (C=O) groups is 2. The summed E-state index contributed by atoms with van der Waals surface area (Å²) >= 11 is 13.6. The van der Waals surface area contributed by atoms with Crippen LogP contribution in [0, 0.1) is 0 Å². The number of carbonyl (C=O) groups excluding carboxylic acids is 2. The monoisotopic (exact) mass is 593 g/mol. The van der Waals surface area contributed by atoms with Crippen molar-refractivity contribution in [3.8, 4) is 11.1 Å². The lowest BCUT2D eigenvalue weighted by Gasteiger charge is -2.15. The van der Waals surface area contributed by atoms with Crippen molar-refractivity contribution in [2.24, 2.45) is 14.1 Å². The van der Waals surface area contributed by atoms with E-state index in [9.17, 15) is 9.59 Å². The van der Waals surface area contributed by atoms with E-state index < -0.39 is 0 Å². The lowest BCUT2D eigenvalue weighted by molar-refractivity contribution is 0.100. The van der Waals surface area contributed by atoms with Crippen molar-refractivity contribution in [3.63, 3.8) is 0 Å². The van der Waals surface area contributed by atoms with E-state index in [-0.39, 0.29) is 11.8 Å². The number of hydrogen-bond acceptors (Lipinski definition) is 5. The van der Waals surface area contributed by atoms with E-state index in [4.69, 9.17) is 23.2 Å². The highest BCUT2D eigenvalue weighted by atomic mass is 35.5. The Labute approximate surface area is 249 Å². The zero-order chi connectivity index (χ0) is 29.3. The van der Waals surface area contributed by atoms with Crippen LogP contribution in [0.5, 0.6) is 0 Å². The third-order valence-corrected chi connectivity index (χ3v) is 8.25. The molecule has 214 valence electrons. The number of nitrogens with zero attached hydrogens (tertiary/aromatic N) is 4. The Morgan fingerprint density at radius 2 is 1.49 bits per heavy atom. The zero-order valence-electron chi connectivity index (χ0n) is 23.6. The molecule has 0 spiro atoms. The Kier molecular flexibility index (Phi) is 8.49. The molecule has 0 fully saturated rings. The Hall–Kier alpha value is -3.66. The highest BCUT2D eigenvalue weighted by Gasteiger charge is 2.24. The largest absolute Gasteiger partial charge is 0.327 e. The SMILES string of the molecule is CCCc1c(CC)nc(C(=O)Nc2cccc(-c3cccc(NC(=O)c4nc5c(n4C)CCNC5)c3Cl)c2Cl)n1C. The number of aromatic nitrogens is 4. The van der Waals surface area contributed by atoms with Crippen LogP contribution >= 0.6 is 23.2 Å². The van der Waals surface area contributed by atoms with E-state index in [1.807, 2.05) is 42.3 Å². The maximum atomic E-state index is 13.3. The summed E-state index contributed by atoms with van der Waals surface area (Å²) in [5.41, 5.74) is 6.02. The number of hydrogen-bond donors (Lipinski definition) is 3. The molecule has 3 heterocycles. The van der Waals surface area contributed by atoms with Crippen molar-refractivity contribution in [1.29, 1.82) is 0 Å². The van der Waals surface area contributed by atoms with Gasteiger partial charge in [-0.2, -0.15) is 0 Å². The summed E-state index contributed by atoms with van der Waals surface area (Å²) in [6, 6.07) is 10.7. The van der Waals surface area contributed by atoms with Gasteiger partial charge in [-0.1, -0.05) is 67.7 Å². The standard InChI is InChI=1S/C30H33Cl2N7O2/c1-5-9-23-19(6-2)34-27(38(23)3)29(40)36-20-12-7-10-17(25(20)31)18-11-8-13-21(26(18)32)37-30(41)28-35-22-16-33-15-14-24(22)39(28)4/h7-8,10-13,33H,5-6,9,14-16H2,1-4H3,(H,36,40)(H,37,41). The van der Waals surface area contributed by atoms with Crippen molar-refractivity contribution in [2.45, 2.75) is 46.1 Å². The molecule has 2 amide bonds. The van der Waals surface area contributed by atoms with Crippen LogP contribution in [0.4, 0.5) is 11.4 Å². The summed E-state index contributed by atoms with van der Waals surface area (Å²) in [4.78, 5) is 35.6. The van der Waals surface area contributed by atoms with Crippen LogP contribution in [-0.4, -0.2) is 37.5 Å². The summed E-state index contributed by atoms with van der Waals surface area (Å²) in [7, 11) is 3.71. The highest BCUT2D eigenvalue weighted by molar-refractivity contribution is 6.40. The average molecular weight is 595 g/mol. The molecule has 1 aliphatic rings. The number of fused-ring (bicyclic) bond motifs is 1. The quantitative estimate of drug-likeness (QED) is 0.240. The topological polar surface area (TPSA) is 106 Å². The summed E-state index contributed by atoms with van der Waals surface area (Å²) in [5.74, 6) is -0.0347. The van der Waals surface area contributed by atoms with Gasteiger partial charge in [0.2, 0.25) is 0 Å². The molecule has 3 N–H and O–H groups in total. The van der Waals surface area contributed by atoms with Gasteiger partial charge in [0.1, 0.15) is 0 Å². The molecule has 0 saturated heterocycles. The normalized spacial score (nSPS) is 12.7. The van der Waals surface area contributed by atoms with E-state index in [0.717, 1.165) is 55.0 Å². The first-order valence-corrected chi connectivity index (χ1v) is 14.5. The van der Waals surface area contributed by atoms with E-state index in [1.165, 1.54) is 0 Å². The van der Waals surface area contributed by atoms with Crippen LogP contribution in [0.1, 0.15) is 64.3 Å².